The van der Waals surface area contributed by atoms with Gasteiger partial charge in [-0.1, -0.05) is 142 Å². The average molecular weight is 1830 g/mol. The van der Waals surface area contributed by atoms with E-state index in [0.29, 0.717) is 102 Å². The number of likely N-dealkylation sites (N-methyl/N-ethyl adjacent to an activating group) is 2. The molecule has 4 N–H and O–H groups in total. The lowest BCUT2D eigenvalue weighted by Gasteiger charge is -2.62. The number of halogens is 1. The number of anilines is 1. The molecule has 7 heterocycles. The summed E-state index contributed by atoms with van der Waals surface area (Å²) < 4.78 is 51.8. The van der Waals surface area contributed by atoms with E-state index in [1.165, 1.54) is 10.5 Å². The van der Waals surface area contributed by atoms with Gasteiger partial charge >= 0.3 is 11.9 Å². The largest absolute Gasteiger partial charge is 0.493 e. The number of methoxy groups -OCH3 is 2. The number of nitrogens with one attached hydrogen (secondary N) is 2. The number of benzene rings is 7. The number of hydrogen-bond donors (Lipinski definition) is 4. The van der Waals surface area contributed by atoms with E-state index in [2.05, 4.69) is 58.9 Å². The maximum Gasteiger partial charge on any atom is 0.350 e. The molecule has 3 unspecified atom stereocenters. The van der Waals surface area contributed by atoms with Crippen LogP contribution in [-0.4, -0.2) is 202 Å². The number of aliphatic imine (C=N–C) groups is 1. The van der Waals surface area contributed by atoms with Gasteiger partial charge in [0, 0.05) is 104 Å². The van der Waals surface area contributed by atoms with Crippen molar-refractivity contribution < 1.29 is 81.1 Å². The number of ether oxygens (including phenoxy) is 7. The van der Waals surface area contributed by atoms with Crippen molar-refractivity contribution in [2.24, 2.45) is 10.9 Å². The molecular weight excluding hydrogens is 1710 g/mol. The smallest absolute Gasteiger partial charge is 0.350 e. The fraction of sp³-hybridized carbons (Fsp3) is 0.384. The highest BCUT2D eigenvalue weighted by molar-refractivity contribution is 8.15. The Morgan fingerprint density at radius 3 is 2.11 bits per heavy atom. The molecule has 3 amide bonds. The molecule has 3 aromatic heterocycles. The van der Waals surface area contributed by atoms with Gasteiger partial charge in [0.05, 0.1) is 70.6 Å². The Bertz CT molecular complexity index is 5660. The van der Waals surface area contributed by atoms with E-state index in [0.717, 1.165) is 130 Å². The standard InChI is InChI=1S/C24H29N5O3.C20H21ClO4.C19H22N2O3S.C18H19N3O3S.C18H21NO4/c1-4-5-10-21(30)29(22(16(2)3)24(31)32)15-17-11-13-18(14-12-17)19-8-6-7-9-20(19)23-25-27-28-26-23;1-13(2)24-19(23)20(3,4)25-17-11-7-15(8-12-17)18(22)14-5-9-16(21)10-6-14;1-14-17(20-9-8-18(14)24-11-5-10-23-2)13-25(22)19-12-15-6-3-4-7-16(15)21-19;1-21(16-4-2-3-9-19-16)10-11-24-14-7-5-13(6-8-14)12-15-17(22)20-18(23)25-15;1-19-8-7-17-14-10-3-4-12(22-2)15(14)23-16(17)11(20)5-6-18(17,21)13(19)9-10/h6-9,11-14,16,22H,4-5,10,15H2,1-3H3,(H,31,32)(H,25,26,27,28);5-13H,1-4H3;3-4,6-9H,5,10-13H2,1-2H3;2-9,15H,10-12H2,1H3,(H,20,22,23);3-4,13,16,21H,5-9H2,1-2H3/t22-;;;;13-,16?,17+,18-/m0...1/s1. The second-order valence-corrected chi connectivity index (χ2v) is 36.6. The van der Waals surface area contributed by atoms with Crippen LogP contribution in [0.4, 0.5) is 16.3 Å². The van der Waals surface area contributed by atoms with Crippen LogP contribution in [0.15, 0.2) is 199 Å². The maximum absolute atomic E-state index is 12.9. The lowest BCUT2D eigenvalue weighted by molar-refractivity contribution is -0.185. The van der Waals surface area contributed by atoms with Gasteiger partial charge in [-0.2, -0.15) is 5.21 Å². The molecule has 7 atom stereocenters. The molecule has 684 valence electrons. The molecule has 28 nitrogen and oxygen atoms in total. The third-order valence-corrected chi connectivity index (χ3v) is 26.1. The molecule has 31 heteroatoms. The number of carboxylic acid groups (broad SMARTS) is 1. The number of tetrazole rings is 1. The van der Waals surface area contributed by atoms with E-state index >= 15 is 0 Å². The number of aromatic nitrogens is 6. The summed E-state index contributed by atoms with van der Waals surface area (Å²) in [6.45, 7) is 18.1. The summed E-state index contributed by atoms with van der Waals surface area (Å²) in [7, 11) is 6.16. The number of unbranched alkanes of at least 4 members (excludes halogenated alkanes) is 1. The van der Waals surface area contributed by atoms with Gasteiger partial charge in [0.25, 0.3) is 5.24 Å². The van der Waals surface area contributed by atoms with Gasteiger partial charge in [0.2, 0.25) is 17.6 Å². The number of amides is 3. The molecule has 16 rings (SSSR count). The topological polar surface area (TPSA) is 356 Å². The maximum atomic E-state index is 12.9. The minimum atomic E-state index is -1.19. The summed E-state index contributed by atoms with van der Waals surface area (Å²) >= 11 is 6.88. The van der Waals surface area contributed by atoms with Crippen molar-refractivity contribution in [2.75, 3.05) is 66.1 Å². The van der Waals surface area contributed by atoms with Crippen LogP contribution < -0.4 is 33.9 Å². The van der Waals surface area contributed by atoms with Crippen LogP contribution in [0.25, 0.3) is 22.5 Å². The molecule has 3 fully saturated rings. The van der Waals surface area contributed by atoms with E-state index in [4.69, 9.17) is 44.8 Å². The fourth-order valence-corrected chi connectivity index (χ4v) is 19.0. The molecule has 2 bridgehead atoms. The van der Waals surface area contributed by atoms with Gasteiger partial charge in [-0.15, -0.1) is 10.2 Å². The van der Waals surface area contributed by atoms with E-state index in [1.54, 1.807) is 103 Å². The minimum absolute atomic E-state index is 0.0438. The second kappa shape index (κ2) is 44.5. The number of aromatic amines is 1. The number of thioether (sulfide) groups is 1. The minimum Gasteiger partial charge on any atom is -0.493 e. The molecule has 4 aliphatic heterocycles. The molecule has 7 aromatic carbocycles. The van der Waals surface area contributed by atoms with Crippen LogP contribution in [0, 0.1) is 12.8 Å². The van der Waals surface area contributed by atoms with Crippen molar-refractivity contribution >= 4 is 91.3 Å². The monoisotopic (exact) mass is 1830 g/mol. The molecule has 6 aliphatic rings. The number of H-pyrrole nitrogens is 1. The Balaban J connectivity index is 0.000000148. The summed E-state index contributed by atoms with van der Waals surface area (Å²) in [6.07, 6.45) is 9.13. The van der Waals surface area contributed by atoms with Crippen molar-refractivity contribution in [2.45, 2.75) is 178 Å². The van der Waals surface area contributed by atoms with Crippen molar-refractivity contribution in [1.82, 2.24) is 45.7 Å². The highest BCUT2D eigenvalue weighted by atomic mass is 35.5. The van der Waals surface area contributed by atoms with E-state index < -0.39 is 51.5 Å². The highest BCUT2D eigenvalue weighted by Crippen LogP contribution is 2.65. The number of Topliss-reactive ketones (excluding diaryl/α,β-unsaturated/α-hetero) is 1. The number of hydrogen-bond acceptors (Lipinski definition) is 25. The molecular formula is C99H112ClN11O17S2. The molecule has 2 saturated heterocycles. The zero-order valence-electron chi connectivity index (χ0n) is 75.2. The summed E-state index contributed by atoms with van der Waals surface area (Å²) in [6, 6.07) is 55.3. The number of esters is 1. The van der Waals surface area contributed by atoms with Gasteiger partial charge in [0.15, 0.2) is 34.8 Å². The Labute approximate surface area is 769 Å². The number of aliphatic carboxylic acids is 1. The first-order valence-corrected chi connectivity index (χ1v) is 46.0. The predicted molar refractivity (Wildman–Crippen MR) is 500 cm³/mol. The van der Waals surface area contributed by atoms with Crippen LogP contribution in [-0.2, 0) is 81.2 Å². The van der Waals surface area contributed by atoms with Crippen molar-refractivity contribution in [3.05, 3.63) is 250 Å². The average Bonchev–Trinajstić information content (AvgIpc) is 1.50. The van der Waals surface area contributed by atoms with Crippen LogP contribution in [0.3, 0.4) is 0 Å². The van der Waals surface area contributed by atoms with Gasteiger partial charge in [-0.3, -0.25) is 38.5 Å². The summed E-state index contributed by atoms with van der Waals surface area (Å²) in [5.41, 5.74) is 9.14. The van der Waals surface area contributed by atoms with Crippen molar-refractivity contribution in [1.29, 1.82) is 0 Å². The van der Waals surface area contributed by atoms with Crippen LogP contribution >= 0.6 is 23.4 Å². The first kappa shape index (κ1) is 97.0. The highest BCUT2D eigenvalue weighted by Gasteiger charge is 2.73. The number of aliphatic hydroxyl groups is 1. The number of imide groups is 1. The molecule has 10 aromatic rings. The molecule has 130 heavy (non-hydrogen) atoms. The summed E-state index contributed by atoms with van der Waals surface area (Å²) in [4.78, 5) is 104. The molecule has 0 radical (unpaired) electrons. The first-order chi connectivity index (χ1) is 62.4. The second-order valence-electron chi connectivity index (χ2n) is 33.6. The van der Waals surface area contributed by atoms with Crippen molar-refractivity contribution in [3.8, 4) is 51.3 Å². The normalized spacial score (nSPS) is 18.2. The summed E-state index contributed by atoms with van der Waals surface area (Å²) in [5, 5.41) is 38.8. The number of likely N-dealkylation sites (tertiary alicyclic amines) is 1. The van der Waals surface area contributed by atoms with Crippen LogP contribution in [0.1, 0.15) is 148 Å². The molecule has 2 aliphatic carbocycles. The van der Waals surface area contributed by atoms with Gasteiger partial charge in [-0.25, -0.2) is 19.6 Å². The third kappa shape index (κ3) is 23.4. The predicted octanol–water partition coefficient (Wildman–Crippen LogP) is 15.7. The number of nitrogens with zero attached hydrogens (tertiary/aromatic N) is 9. The summed E-state index contributed by atoms with van der Waals surface area (Å²) in [5.74, 6) is 3.23. The Hall–Kier alpha value is -12.1. The van der Waals surface area contributed by atoms with Crippen molar-refractivity contribution in [3.63, 3.8) is 0 Å². The fourth-order valence-electron chi connectivity index (χ4n) is 16.8. The quantitative estimate of drug-likeness (QED) is 0.0178. The number of carbonyl (C=O) groups excluding carboxylic acids is 6. The number of carboxylic acids is 1. The number of carbonyl (C=O) groups is 7. The Morgan fingerprint density at radius 1 is 0.769 bits per heavy atom. The lowest BCUT2D eigenvalue weighted by Crippen LogP contribution is -2.76. The number of rotatable bonds is 31. The van der Waals surface area contributed by atoms with E-state index in [9.17, 15) is 48.0 Å². The number of pyridine rings is 2. The van der Waals surface area contributed by atoms with E-state index in [-0.39, 0.29) is 58.5 Å². The zero-order valence-corrected chi connectivity index (χ0v) is 77.6. The number of piperidine rings is 1. The first-order valence-electron chi connectivity index (χ1n) is 43.5. The molecule has 1 saturated carbocycles. The third-order valence-electron chi connectivity index (χ3n) is 23.5. The van der Waals surface area contributed by atoms with Gasteiger partial charge in [-0.05, 0) is 216 Å². The van der Waals surface area contributed by atoms with Gasteiger partial charge in [0.1, 0.15) is 40.8 Å². The number of ketones is 2. The SMILES string of the molecule is CC(C)OC(=O)C(C)(C)Oc1ccc(C(=O)c2ccc(Cl)cc2)cc1.CCCCC(=O)N(Cc1ccc(-c2ccccc2-c2nn[nH]n2)cc1)[C@H](C(=O)O)C(C)C.CN(CCOc1ccc(CC2SC(=O)NC2=O)cc1)c1ccccn1.COCCCOc1ccnc(CS(=O)C2=Nc3ccccc3C2)c1C.COc1ccc2c3c1OC1C(=O)CC[C@@]4(O)[C@@H](C2)N(C)CC[C@]314. The van der Waals surface area contributed by atoms with Gasteiger partial charge < -0.3 is 58.1 Å². The number of para-hydroxylation sites is 1. The van der Waals surface area contributed by atoms with E-state index in [1.807, 2.05) is 167 Å². The molecule has 1 spiro atoms. The number of fused-ring (bicyclic) bond motifs is 1. The Morgan fingerprint density at radius 2 is 1.46 bits per heavy atom. The van der Waals surface area contributed by atoms with Crippen LogP contribution in [0.2, 0.25) is 5.02 Å². The zero-order chi connectivity index (χ0) is 93.0. The lowest BCUT2D eigenvalue weighted by atomic mass is 9.49. The Kier molecular flexibility index (Phi) is 33.2. The van der Waals surface area contributed by atoms with Crippen LogP contribution in [0.5, 0.6) is 28.7 Å².